The van der Waals surface area contributed by atoms with Crippen molar-refractivity contribution in [1.82, 2.24) is 4.98 Å². The summed E-state index contributed by atoms with van der Waals surface area (Å²) in [4.78, 5) is 14.5. The van der Waals surface area contributed by atoms with Gasteiger partial charge in [0.2, 0.25) is 5.89 Å². The molecular weight excluding hydrogens is 389 g/mol. The lowest BCUT2D eigenvalue weighted by Crippen LogP contribution is -1.95. The van der Waals surface area contributed by atoms with Crippen LogP contribution in [0, 0.1) is 3.57 Å². The monoisotopic (exact) mass is 393 g/mol. The first-order chi connectivity index (χ1) is 7.58. The van der Waals surface area contributed by atoms with Gasteiger partial charge in [0.1, 0.15) is 6.26 Å². The molecule has 2 aromatic rings. The quantitative estimate of drug-likeness (QED) is 0.794. The minimum Gasteiger partial charge on any atom is -0.476 e. The fourth-order valence-electron chi connectivity index (χ4n) is 1.16. The van der Waals surface area contributed by atoms with Crippen molar-refractivity contribution < 1.29 is 14.3 Å². The second kappa shape index (κ2) is 4.54. The van der Waals surface area contributed by atoms with Crippen LogP contribution in [0.3, 0.4) is 0 Å². The third kappa shape index (κ3) is 2.27. The van der Waals surface area contributed by atoms with Crippen LogP contribution >= 0.6 is 38.5 Å². The number of carboxylic acid groups (broad SMARTS) is 1. The summed E-state index contributed by atoms with van der Waals surface area (Å²) in [5.41, 5.74) is 0.639. The largest absolute Gasteiger partial charge is 0.476 e. The van der Waals surface area contributed by atoms with E-state index < -0.39 is 5.97 Å². The van der Waals surface area contributed by atoms with E-state index in [1.54, 1.807) is 0 Å². The molecule has 0 radical (unpaired) electrons. The smallest absolute Gasteiger partial charge is 0.357 e. The summed E-state index contributed by atoms with van der Waals surface area (Å²) in [7, 11) is 0. The highest BCUT2D eigenvalue weighted by Crippen LogP contribution is 2.29. The summed E-state index contributed by atoms with van der Waals surface area (Å²) < 4.78 is 6.95. The number of aromatic carboxylic acids is 1. The van der Waals surface area contributed by atoms with Gasteiger partial charge in [-0.1, -0.05) is 0 Å². The Kier molecular flexibility index (Phi) is 3.29. The number of benzene rings is 1. The van der Waals surface area contributed by atoms with E-state index in [1.807, 2.05) is 18.2 Å². The molecule has 1 heterocycles. The van der Waals surface area contributed by atoms with Crippen molar-refractivity contribution in [3.05, 3.63) is 38.2 Å². The van der Waals surface area contributed by atoms with Crippen molar-refractivity contribution >= 4 is 44.5 Å². The van der Waals surface area contributed by atoms with Crippen LogP contribution in [0.5, 0.6) is 0 Å². The highest BCUT2D eigenvalue weighted by Gasteiger charge is 2.14. The Balaban J connectivity index is 2.50. The normalized spacial score (nSPS) is 10.4. The van der Waals surface area contributed by atoms with Crippen LogP contribution in [-0.2, 0) is 0 Å². The van der Waals surface area contributed by atoms with Gasteiger partial charge >= 0.3 is 5.97 Å². The minimum absolute atomic E-state index is 0.0965. The van der Waals surface area contributed by atoms with E-state index in [4.69, 9.17) is 9.52 Å². The first-order valence-electron chi connectivity index (χ1n) is 4.22. The molecule has 82 valence electrons. The van der Waals surface area contributed by atoms with Gasteiger partial charge in [-0.2, -0.15) is 0 Å². The van der Waals surface area contributed by atoms with Gasteiger partial charge < -0.3 is 9.52 Å². The van der Waals surface area contributed by atoms with Crippen LogP contribution in [-0.4, -0.2) is 16.1 Å². The molecule has 16 heavy (non-hydrogen) atoms. The molecule has 6 heteroatoms. The molecule has 0 atom stereocenters. The van der Waals surface area contributed by atoms with E-state index in [1.165, 1.54) is 0 Å². The summed E-state index contributed by atoms with van der Waals surface area (Å²) in [5, 5.41) is 8.73. The van der Waals surface area contributed by atoms with Gasteiger partial charge in [0, 0.05) is 8.04 Å². The van der Waals surface area contributed by atoms with E-state index in [9.17, 15) is 4.79 Å². The van der Waals surface area contributed by atoms with Crippen molar-refractivity contribution in [3.8, 4) is 11.5 Å². The fraction of sp³-hybridized carbons (Fsp3) is 0. The maximum absolute atomic E-state index is 10.7. The van der Waals surface area contributed by atoms with Gasteiger partial charge in [0.05, 0.1) is 5.56 Å². The minimum atomic E-state index is -1.10. The standard InChI is InChI=1S/C10H5BrINO3/c11-7-2-1-5(12)3-6(7)9-13-8(4-16-9)10(14)15/h1-4H,(H,14,15). The molecule has 1 aromatic carbocycles. The van der Waals surface area contributed by atoms with Gasteiger partial charge in [-0.05, 0) is 56.7 Å². The molecule has 0 fully saturated rings. The molecule has 0 bridgehead atoms. The molecule has 0 saturated heterocycles. The van der Waals surface area contributed by atoms with Crippen LogP contribution in [0.1, 0.15) is 10.5 Å². The number of aromatic nitrogens is 1. The van der Waals surface area contributed by atoms with E-state index in [0.717, 1.165) is 19.9 Å². The Hall–Kier alpha value is -0.890. The molecule has 0 spiro atoms. The highest BCUT2D eigenvalue weighted by atomic mass is 127. The maximum atomic E-state index is 10.7. The summed E-state index contributed by atoms with van der Waals surface area (Å²) >= 11 is 5.53. The molecular formula is C10H5BrINO3. The molecule has 0 unspecified atom stereocenters. The van der Waals surface area contributed by atoms with Gasteiger partial charge in [-0.3, -0.25) is 0 Å². The molecule has 0 aliphatic carbocycles. The summed E-state index contributed by atoms with van der Waals surface area (Å²) in [6.45, 7) is 0. The van der Waals surface area contributed by atoms with Crippen molar-refractivity contribution in [1.29, 1.82) is 0 Å². The zero-order valence-corrected chi connectivity index (χ0v) is 11.5. The number of hydrogen-bond donors (Lipinski definition) is 1. The number of carbonyl (C=O) groups is 1. The molecule has 2 rings (SSSR count). The van der Waals surface area contributed by atoms with Crippen molar-refractivity contribution in [2.24, 2.45) is 0 Å². The molecule has 4 nitrogen and oxygen atoms in total. The molecule has 0 amide bonds. The summed E-state index contributed by atoms with van der Waals surface area (Å²) in [6, 6.07) is 5.65. The molecule has 0 aliphatic rings. The van der Waals surface area contributed by atoms with Gasteiger partial charge in [-0.25, -0.2) is 9.78 Å². The first-order valence-corrected chi connectivity index (χ1v) is 6.09. The van der Waals surface area contributed by atoms with Crippen LogP contribution in [0.4, 0.5) is 0 Å². The predicted octanol–water partition coefficient (Wildman–Crippen LogP) is 3.41. The maximum Gasteiger partial charge on any atom is 0.357 e. The zero-order chi connectivity index (χ0) is 11.7. The second-order valence-electron chi connectivity index (χ2n) is 2.97. The van der Waals surface area contributed by atoms with Crippen LogP contribution in [0.2, 0.25) is 0 Å². The Morgan fingerprint density at radius 2 is 2.25 bits per heavy atom. The SMILES string of the molecule is O=C(O)c1coc(-c2cc(I)ccc2Br)n1. The second-order valence-corrected chi connectivity index (χ2v) is 5.07. The lowest BCUT2D eigenvalue weighted by Gasteiger charge is -1.99. The van der Waals surface area contributed by atoms with Crippen LogP contribution < -0.4 is 0 Å². The van der Waals surface area contributed by atoms with Gasteiger partial charge in [0.25, 0.3) is 0 Å². The topological polar surface area (TPSA) is 63.3 Å². The number of hydrogen-bond acceptors (Lipinski definition) is 3. The Morgan fingerprint density at radius 1 is 1.50 bits per heavy atom. The molecule has 1 aromatic heterocycles. The predicted molar refractivity (Wildman–Crippen MR) is 69.3 cm³/mol. The number of nitrogens with zero attached hydrogens (tertiary/aromatic N) is 1. The van der Waals surface area contributed by atoms with Gasteiger partial charge in [-0.15, -0.1) is 0 Å². The average molecular weight is 394 g/mol. The van der Waals surface area contributed by atoms with E-state index in [-0.39, 0.29) is 5.69 Å². The highest BCUT2D eigenvalue weighted by molar-refractivity contribution is 14.1. The molecule has 0 aliphatic heterocycles. The Bertz CT molecular complexity index is 553. The van der Waals surface area contributed by atoms with E-state index in [0.29, 0.717) is 5.89 Å². The summed E-state index contributed by atoms with van der Waals surface area (Å²) in [6.07, 6.45) is 1.13. The van der Waals surface area contributed by atoms with Crippen LogP contribution in [0.25, 0.3) is 11.5 Å². The Labute approximate surface area is 113 Å². The van der Waals surface area contributed by atoms with Crippen molar-refractivity contribution in [2.45, 2.75) is 0 Å². The Morgan fingerprint density at radius 3 is 2.88 bits per heavy atom. The third-order valence-electron chi connectivity index (χ3n) is 1.88. The lowest BCUT2D eigenvalue weighted by molar-refractivity contribution is 0.0690. The van der Waals surface area contributed by atoms with Gasteiger partial charge in [0.15, 0.2) is 5.69 Å². The fourth-order valence-corrected chi connectivity index (χ4v) is 2.06. The van der Waals surface area contributed by atoms with Crippen molar-refractivity contribution in [2.75, 3.05) is 0 Å². The van der Waals surface area contributed by atoms with E-state index >= 15 is 0 Å². The summed E-state index contributed by atoms with van der Waals surface area (Å²) in [5.74, 6) is -0.806. The molecule has 1 N–H and O–H groups in total. The average Bonchev–Trinajstić information content (AvgIpc) is 2.70. The van der Waals surface area contributed by atoms with E-state index in [2.05, 4.69) is 43.5 Å². The third-order valence-corrected chi connectivity index (χ3v) is 3.24. The zero-order valence-electron chi connectivity index (χ0n) is 7.78. The number of halogens is 2. The van der Waals surface area contributed by atoms with Crippen molar-refractivity contribution in [3.63, 3.8) is 0 Å². The number of rotatable bonds is 2. The van der Waals surface area contributed by atoms with Crippen LogP contribution in [0.15, 0.2) is 33.4 Å². The first kappa shape index (κ1) is 11.6. The lowest BCUT2D eigenvalue weighted by atomic mass is 10.2. The number of carboxylic acids is 1. The molecule has 0 saturated carbocycles. The number of oxazole rings is 1.